The second-order valence-corrected chi connectivity index (χ2v) is 9.37. The van der Waals surface area contributed by atoms with Crippen molar-refractivity contribution in [1.82, 2.24) is 5.01 Å². The molecule has 6 nitrogen and oxygen atoms in total. The zero-order chi connectivity index (χ0) is 22.4. The van der Waals surface area contributed by atoms with Gasteiger partial charge in [-0.05, 0) is 57.9 Å². The van der Waals surface area contributed by atoms with E-state index in [0.717, 1.165) is 17.0 Å². The van der Waals surface area contributed by atoms with Gasteiger partial charge >= 0.3 is 0 Å². The highest BCUT2D eigenvalue weighted by molar-refractivity contribution is 9.10. The van der Waals surface area contributed by atoms with Crippen LogP contribution in [0.4, 0.5) is 0 Å². The SMILES string of the molecule is N#Cc1ccccc1COc1c(Cl)cc(C=NN2C(=O)[C@@H]3[C@H](C2=O)[C@H]2C=C[C@H]3C2)cc1Br. The molecule has 2 aromatic rings. The van der Waals surface area contributed by atoms with E-state index >= 15 is 0 Å². The van der Waals surface area contributed by atoms with Crippen molar-refractivity contribution in [3.05, 3.63) is 74.7 Å². The van der Waals surface area contributed by atoms with Gasteiger partial charge in [-0.1, -0.05) is 42.0 Å². The number of benzene rings is 2. The first kappa shape index (κ1) is 20.9. The van der Waals surface area contributed by atoms with E-state index in [4.69, 9.17) is 16.3 Å². The smallest absolute Gasteiger partial charge is 0.254 e. The van der Waals surface area contributed by atoms with Crippen LogP contribution in [0, 0.1) is 35.0 Å². The Morgan fingerprint density at radius 2 is 1.88 bits per heavy atom. The fourth-order valence-corrected chi connectivity index (χ4v) is 5.81. The molecule has 5 rings (SSSR count). The van der Waals surface area contributed by atoms with Gasteiger partial charge in [-0.15, -0.1) is 0 Å². The molecule has 2 bridgehead atoms. The van der Waals surface area contributed by atoms with Gasteiger partial charge < -0.3 is 4.74 Å². The molecule has 8 heteroatoms. The largest absolute Gasteiger partial charge is 0.486 e. The van der Waals surface area contributed by atoms with Crippen molar-refractivity contribution >= 4 is 45.6 Å². The summed E-state index contributed by atoms with van der Waals surface area (Å²) in [6.07, 6.45) is 6.44. The topological polar surface area (TPSA) is 82.8 Å². The number of halogens is 2. The summed E-state index contributed by atoms with van der Waals surface area (Å²) in [4.78, 5) is 25.5. The number of imide groups is 1. The summed E-state index contributed by atoms with van der Waals surface area (Å²) in [6, 6.07) is 12.7. The lowest BCUT2D eigenvalue weighted by Crippen LogP contribution is -2.28. The van der Waals surface area contributed by atoms with Crippen LogP contribution in [0.2, 0.25) is 5.02 Å². The summed E-state index contributed by atoms with van der Waals surface area (Å²) in [5.41, 5.74) is 1.91. The first-order valence-corrected chi connectivity index (χ1v) is 11.3. The van der Waals surface area contributed by atoms with Crippen LogP contribution in [0.25, 0.3) is 0 Å². The third-order valence-electron chi connectivity index (χ3n) is 6.30. The van der Waals surface area contributed by atoms with Crippen molar-refractivity contribution in [3.63, 3.8) is 0 Å². The molecule has 2 aromatic carbocycles. The molecule has 0 spiro atoms. The molecule has 2 aliphatic carbocycles. The van der Waals surface area contributed by atoms with Gasteiger partial charge in [-0.2, -0.15) is 15.4 Å². The predicted octanol–water partition coefficient (Wildman–Crippen LogP) is 4.69. The number of hydrazone groups is 1. The molecular formula is C24H17BrClN3O3. The number of nitrogens with zero attached hydrogens (tertiary/aromatic N) is 3. The van der Waals surface area contributed by atoms with Gasteiger partial charge in [-0.3, -0.25) is 9.59 Å². The number of fused-ring (bicyclic) bond motifs is 5. The molecular weight excluding hydrogens is 494 g/mol. The number of carbonyl (C=O) groups excluding carboxylic acids is 2. The van der Waals surface area contributed by atoms with E-state index in [-0.39, 0.29) is 42.1 Å². The quantitative estimate of drug-likeness (QED) is 0.332. The monoisotopic (exact) mass is 509 g/mol. The van der Waals surface area contributed by atoms with Gasteiger partial charge in [0.1, 0.15) is 6.61 Å². The van der Waals surface area contributed by atoms with Gasteiger partial charge in [0.25, 0.3) is 11.8 Å². The van der Waals surface area contributed by atoms with Crippen LogP contribution in [0.1, 0.15) is 23.1 Å². The molecule has 1 heterocycles. The standard InChI is InChI=1S/C24H17BrClN3O3/c25-18-7-13(8-19(26)22(18)32-12-17-4-2-1-3-16(17)10-27)11-28-29-23(30)20-14-5-6-15(9-14)21(20)24(29)31/h1-8,11,14-15,20-21H,9,12H2/t14-,15-,20-,21+/m0/s1. The molecule has 2 fully saturated rings. The molecule has 0 aromatic heterocycles. The number of rotatable bonds is 5. The second-order valence-electron chi connectivity index (χ2n) is 8.10. The van der Waals surface area contributed by atoms with Gasteiger partial charge in [0.15, 0.2) is 5.75 Å². The Morgan fingerprint density at radius 1 is 1.19 bits per heavy atom. The Balaban J connectivity index is 1.32. The van der Waals surface area contributed by atoms with Gasteiger partial charge in [-0.25, -0.2) is 0 Å². The zero-order valence-corrected chi connectivity index (χ0v) is 19.1. The first-order chi connectivity index (χ1) is 15.5. The van der Waals surface area contributed by atoms with E-state index in [1.54, 1.807) is 24.3 Å². The Kier molecular flexibility index (Phi) is 5.36. The van der Waals surface area contributed by atoms with Gasteiger partial charge in [0, 0.05) is 5.56 Å². The lowest BCUT2D eigenvalue weighted by Gasteiger charge is -2.13. The molecule has 32 heavy (non-hydrogen) atoms. The fraction of sp³-hybridized carbons (Fsp3) is 0.250. The summed E-state index contributed by atoms with van der Waals surface area (Å²) >= 11 is 9.87. The number of hydrogen-bond donors (Lipinski definition) is 0. The summed E-state index contributed by atoms with van der Waals surface area (Å²) in [6.45, 7) is 0.186. The van der Waals surface area contributed by atoms with Crippen molar-refractivity contribution < 1.29 is 14.3 Å². The molecule has 4 atom stereocenters. The normalized spacial score (nSPS) is 25.6. The molecule has 1 saturated heterocycles. The van der Waals surface area contributed by atoms with Crippen LogP contribution in [-0.4, -0.2) is 23.0 Å². The van der Waals surface area contributed by atoms with Crippen molar-refractivity contribution in [2.75, 3.05) is 0 Å². The van der Waals surface area contributed by atoms with Crippen molar-refractivity contribution in [3.8, 4) is 11.8 Å². The summed E-state index contributed by atoms with van der Waals surface area (Å²) < 4.78 is 6.44. The maximum absolute atomic E-state index is 12.7. The molecule has 0 N–H and O–H groups in total. The molecule has 1 saturated carbocycles. The number of allylic oxidation sites excluding steroid dienone is 2. The molecule has 2 amide bonds. The highest BCUT2D eigenvalue weighted by Crippen LogP contribution is 2.52. The first-order valence-electron chi connectivity index (χ1n) is 10.2. The Hall–Kier alpha value is -2.95. The summed E-state index contributed by atoms with van der Waals surface area (Å²) in [5.74, 6) is -0.291. The number of amides is 2. The zero-order valence-electron chi connectivity index (χ0n) is 16.7. The van der Waals surface area contributed by atoms with Gasteiger partial charge in [0.05, 0.1) is 39.2 Å². The van der Waals surface area contributed by atoms with Crippen molar-refractivity contribution in [1.29, 1.82) is 5.26 Å². The number of nitriles is 1. The second kappa shape index (κ2) is 8.19. The third-order valence-corrected chi connectivity index (χ3v) is 7.17. The van der Waals surface area contributed by atoms with Crippen LogP contribution in [0.5, 0.6) is 5.75 Å². The van der Waals surface area contributed by atoms with E-state index in [0.29, 0.717) is 26.4 Å². The maximum Gasteiger partial charge on any atom is 0.254 e. The summed E-state index contributed by atoms with van der Waals surface area (Å²) in [5, 5.41) is 14.8. The molecule has 0 unspecified atom stereocenters. The lowest BCUT2D eigenvalue weighted by atomic mass is 9.85. The van der Waals surface area contributed by atoms with E-state index in [1.807, 2.05) is 12.1 Å². The maximum atomic E-state index is 12.7. The molecule has 3 aliphatic rings. The fourth-order valence-electron chi connectivity index (χ4n) is 4.82. The number of carbonyl (C=O) groups is 2. The Labute approximate surface area is 198 Å². The Morgan fingerprint density at radius 3 is 2.53 bits per heavy atom. The molecule has 160 valence electrons. The number of hydrogen-bond acceptors (Lipinski definition) is 5. The van der Waals surface area contributed by atoms with Crippen molar-refractivity contribution in [2.45, 2.75) is 13.0 Å². The van der Waals surface area contributed by atoms with Crippen LogP contribution >= 0.6 is 27.5 Å². The highest BCUT2D eigenvalue weighted by Gasteiger charge is 2.59. The van der Waals surface area contributed by atoms with E-state index in [2.05, 4.69) is 39.3 Å². The van der Waals surface area contributed by atoms with Crippen molar-refractivity contribution in [2.24, 2.45) is 28.8 Å². The third kappa shape index (κ3) is 3.44. The summed E-state index contributed by atoms with van der Waals surface area (Å²) in [7, 11) is 0. The minimum atomic E-state index is -0.281. The van der Waals surface area contributed by atoms with E-state index in [1.165, 1.54) is 6.21 Å². The predicted molar refractivity (Wildman–Crippen MR) is 122 cm³/mol. The average molecular weight is 511 g/mol. The van der Waals surface area contributed by atoms with Gasteiger partial charge in [0.2, 0.25) is 0 Å². The van der Waals surface area contributed by atoms with Crippen LogP contribution in [0.3, 0.4) is 0 Å². The molecule has 0 radical (unpaired) electrons. The van der Waals surface area contributed by atoms with Crippen LogP contribution in [-0.2, 0) is 16.2 Å². The van der Waals surface area contributed by atoms with Crippen LogP contribution < -0.4 is 4.74 Å². The minimum Gasteiger partial charge on any atom is -0.486 e. The number of ether oxygens (including phenoxy) is 1. The molecule has 1 aliphatic heterocycles. The van der Waals surface area contributed by atoms with E-state index < -0.39 is 0 Å². The average Bonchev–Trinajstić information content (AvgIpc) is 3.46. The lowest BCUT2D eigenvalue weighted by molar-refractivity contribution is -0.140. The minimum absolute atomic E-state index is 0.146. The highest BCUT2D eigenvalue weighted by atomic mass is 79.9. The Bertz CT molecular complexity index is 1180. The van der Waals surface area contributed by atoms with Crippen LogP contribution in [0.15, 0.2) is 58.1 Å². The van der Waals surface area contributed by atoms with E-state index in [9.17, 15) is 14.9 Å².